The fraction of sp³-hybridized carbons (Fsp3) is 0. The number of nitro groups is 1. The van der Waals surface area contributed by atoms with E-state index in [-0.39, 0.29) is 16.9 Å². The predicted octanol–water partition coefficient (Wildman–Crippen LogP) is 1.24. The SMILES string of the molecule is O=C(Nc1ccc([N+](=O)[O-])cc1O)c1c[nH]ccc1=O. The van der Waals surface area contributed by atoms with E-state index in [0.717, 1.165) is 12.1 Å². The van der Waals surface area contributed by atoms with E-state index in [1.54, 1.807) is 0 Å². The van der Waals surface area contributed by atoms with Gasteiger partial charge in [0.1, 0.15) is 11.3 Å². The quantitative estimate of drug-likeness (QED) is 0.441. The van der Waals surface area contributed by atoms with Gasteiger partial charge in [-0.15, -0.1) is 0 Å². The van der Waals surface area contributed by atoms with Crippen molar-refractivity contribution >= 4 is 17.3 Å². The summed E-state index contributed by atoms with van der Waals surface area (Å²) in [7, 11) is 0. The number of pyridine rings is 1. The molecule has 0 saturated heterocycles. The Balaban J connectivity index is 2.27. The van der Waals surface area contributed by atoms with E-state index in [2.05, 4.69) is 10.3 Å². The van der Waals surface area contributed by atoms with Crippen molar-refractivity contribution in [3.63, 3.8) is 0 Å². The van der Waals surface area contributed by atoms with Gasteiger partial charge in [0.05, 0.1) is 16.7 Å². The summed E-state index contributed by atoms with van der Waals surface area (Å²) in [6, 6.07) is 4.41. The van der Waals surface area contributed by atoms with Gasteiger partial charge in [-0.1, -0.05) is 0 Å². The zero-order valence-corrected chi connectivity index (χ0v) is 9.99. The van der Waals surface area contributed by atoms with Crippen LogP contribution in [0, 0.1) is 10.1 Å². The molecule has 102 valence electrons. The summed E-state index contributed by atoms with van der Waals surface area (Å²) in [6.45, 7) is 0. The van der Waals surface area contributed by atoms with E-state index in [9.17, 15) is 24.8 Å². The Labute approximate surface area is 111 Å². The van der Waals surface area contributed by atoms with Gasteiger partial charge in [-0.05, 0) is 6.07 Å². The summed E-state index contributed by atoms with van der Waals surface area (Å²) in [6.07, 6.45) is 2.60. The van der Waals surface area contributed by atoms with Crippen LogP contribution in [-0.2, 0) is 0 Å². The number of hydrogen-bond acceptors (Lipinski definition) is 5. The van der Waals surface area contributed by atoms with E-state index in [1.165, 1.54) is 24.5 Å². The lowest BCUT2D eigenvalue weighted by molar-refractivity contribution is -0.384. The van der Waals surface area contributed by atoms with Crippen LogP contribution >= 0.6 is 0 Å². The molecule has 0 atom stereocenters. The van der Waals surface area contributed by atoms with Gasteiger partial charge in [0.15, 0.2) is 5.43 Å². The van der Waals surface area contributed by atoms with Crippen molar-refractivity contribution < 1.29 is 14.8 Å². The highest BCUT2D eigenvalue weighted by molar-refractivity contribution is 6.04. The van der Waals surface area contributed by atoms with E-state index in [0.29, 0.717) is 0 Å². The third-order valence-corrected chi connectivity index (χ3v) is 2.51. The molecule has 0 spiro atoms. The number of aromatic amines is 1. The van der Waals surface area contributed by atoms with Crippen molar-refractivity contribution in [2.45, 2.75) is 0 Å². The molecule has 0 bridgehead atoms. The van der Waals surface area contributed by atoms with Crippen LogP contribution in [-0.4, -0.2) is 20.9 Å². The summed E-state index contributed by atoms with van der Waals surface area (Å²) in [5, 5.41) is 22.4. The van der Waals surface area contributed by atoms with Crippen molar-refractivity contribution in [1.29, 1.82) is 0 Å². The van der Waals surface area contributed by atoms with Crippen LogP contribution in [0.15, 0.2) is 41.5 Å². The second kappa shape index (κ2) is 5.22. The largest absolute Gasteiger partial charge is 0.506 e. The van der Waals surface area contributed by atoms with E-state index in [1.807, 2.05) is 0 Å². The number of rotatable bonds is 3. The van der Waals surface area contributed by atoms with Crippen molar-refractivity contribution in [3.05, 3.63) is 62.6 Å². The van der Waals surface area contributed by atoms with Gasteiger partial charge in [-0.2, -0.15) is 0 Å². The van der Waals surface area contributed by atoms with Crippen molar-refractivity contribution in [1.82, 2.24) is 4.98 Å². The summed E-state index contributed by atoms with van der Waals surface area (Å²) in [5.74, 6) is -1.18. The standard InChI is InChI=1S/C12H9N3O5/c16-10-3-4-13-6-8(10)12(18)14-9-2-1-7(15(19)20)5-11(9)17/h1-6,17H,(H,13,16)(H,14,18). The lowest BCUT2D eigenvalue weighted by Crippen LogP contribution is -2.20. The lowest BCUT2D eigenvalue weighted by atomic mass is 10.2. The molecule has 0 aliphatic rings. The molecule has 1 aromatic carbocycles. The molecule has 0 aliphatic carbocycles. The van der Waals surface area contributed by atoms with Crippen molar-refractivity contribution in [3.8, 4) is 5.75 Å². The van der Waals surface area contributed by atoms with Crippen molar-refractivity contribution in [2.75, 3.05) is 5.32 Å². The minimum Gasteiger partial charge on any atom is -0.506 e. The normalized spacial score (nSPS) is 10.0. The number of non-ortho nitro benzene ring substituents is 1. The average molecular weight is 275 g/mol. The Hall–Kier alpha value is -3.16. The van der Waals surface area contributed by atoms with Crippen molar-refractivity contribution in [2.24, 2.45) is 0 Å². The molecule has 8 heteroatoms. The number of H-pyrrole nitrogens is 1. The summed E-state index contributed by atoms with van der Waals surface area (Å²) in [5.41, 5.74) is -0.949. The first-order valence-electron chi connectivity index (χ1n) is 5.45. The van der Waals surface area contributed by atoms with Crippen LogP contribution in [0.1, 0.15) is 10.4 Å². The zero-order valence-electron chi connectivity index (χ0n) is 9.99. The minimum atomic E-state index is -0.726. The number of anilines is 1. The van der Waals surface area contributed by atoms with Crippen LogP contribution in [0.4, 0.5) is 11.4 Å². The highest BCUT2D eigenvalue weighted by Gasteiger charge is 2.14. The molecule has 3 N–H and O–H groups in total. The number of nitrogens with zero attached hydrogens (tertiary/aromatic N) is 1. The van der Waals surface area contributed by atoms with Crippen LogP contribution in [0.3, 0.4) is 0 Å². The molecule has 20 heavy (non-hydrogen) atoms. The molecule has 2 aromatic rings. The van der Waals surface area contributed by atoms with E-state index < -0.39 is 22.0 Å². The Morgan fingerprint density at radius 2 is 2.10 bits per heavy atom. The first kappa shape index (κ1) is 13.3. The summed E-state index contributed by atoms with van der Waals surface area (Å²) >= 11 is 0. The summed E-state index contributed by atoms with van der Waals surface area (Å²) in [4.78, 5) is 35.7. The van der Waals surface area contributed by atoms with Gasteiger partial charge in [0, 0.05) is 24.5 Å². The molecule has 2 rings (SSSR count). The van der Waals surface area contributed by atoms with E-state index >= 15 is 0 Å². The van der Waals surface area contributed by atoms with Gasteiger partial charge >= 0.3 is 0 Å². The number of phenolic OH excluding ortho intramolecular Hbond substituents is 1. The van der Waals surface area contributed by atoms with Crippen LogP contribution in [0.25, 0.3) is 0 Å². The second-order valence-corrected chi connectivity index (χ2v) is 3.83. The molecular weight excluding hydrogens is 266 g/mol. The molecule has 8 nitrogen and oxygen atoms in total. The fourth-order valence-electron chi connectivity index (χ4n) is 1.52. The van der Waals surface area contributed by atoms with Crippen LogP contribution in [0.5, 0.6) is 5.75 Å². The monoisotopic (exact) mass is 275 g/mol. The van der Waals surface area contributed by atoms with Crippen LogP contribution in [0.2, 0.25) is 0 Å². The Bertz CT molecular complexity index is 738. The highest BCUT2D eigenvalue weighted by atomic mass is 16.6. The number of carbonyl (C=O) groups is 1. The number of phenols is 1. The smallest absolute Gasteiger partial charge is 0.273 e. The first-order chi connectivity index (χ1) is 9.49. The average Bonchev–Trinajstić information content (AvgIpc) is 2.41. The van der Waals surface area contributed by atoms with Gasteiger partial charge in [0.2, 0.25) is 0 Å². The number of amides is 1. The third kappa shape index (κ3) is 2.64. The van der Waals surface area contributed by atoms with E-state index in [4.69, 9.17) is 0 Å². The number of benzene rings is 1. The maximum Gasteiger partial charge on any atom is 0.273 e. The first-order valence-corrected chi connectivity index (χ1v) is 5.45. The highest BCUT2D eigenvalue weighted by Crippen LogP contribution is 2.27. The molecule has 0 saturated carbocycles. The molecular formula is C12H9N3O5. The number of hydrogen-bond donors (Lipinski definition) is 3. The maximum atomic E-state index is 11.8. The Morgan fingerprint density at radius 3 is 2.70 bits per heavy atom. The minimum absolute atomic E-state index is 0.0242. The number of nitro benzene ring substituents is 1. The topological polar surface area (TPSA) is 125 Å². The number of nitrogens with one attached hydrogen (secondary N) is 2. The lowest BCUT2D eigenvalue weighted by Gasteiger charge is -2.06. The van der Waals surface area contributed by atoms with Gasteiger partial charge in [-0.3, -0.25) is 19.7 Å². The number of aromatic nitrogens is 1. The molecule has 0 unspecified atom stereocenters. The Kier molecular flexibility index (Phi) is 3.47. The van der Waals surface area contributed by atoms with Gasteiger partial charge in [-0.25, -0.2) is 0 Å². The fourth-order valence-corrected chi connectivity index (χ4v) is 1.52. The number of carbonyl (C=O) groups excluding carboxylic acids is 1. The van der Waals surface area contributed by atoms with Gasteiger partial charge in [0.25, 0.3) is 11.6 Å². The summed E-state index contributed by atoms with van der Waals surface area (Å²) < 4.78 is 0. The molecule has 1 amide bonds. The maximum absolute atomic E-state index is 11.8. The molecule has 0 fully saturated rings. The zero-order chi connectivity index (χ0) is 14.7. The molecule has 1 aromatic heterocycles. The second-order valence-electron chi connectivity index (χ2n) is 3.83. The van der Waals surface area contributed by atoms with Crippen LogP contribution < -0.4 is 10.7 Å². The molecule has 0 radical (unpaired) electrons. The Morgan fingerprint density at radius 1 is 1.35 bits per heavy atom. The molecule has 0 aliphatic heterocycles. The molecule has 1 heterocycles. The number of aromatic hydroxyl groups is 1. The van der Waals surface area contributed by atoms with Gasteiger partial charge < -0.3 is 15.4 Å². The third-order valence-electron chi connectivity index (χ3n) is 2.51. The predicted molar refractivity (Wildman–Crippen MR) is 69.8 cm³/mol.